The third-order valence-corrected chi connectivity index (χ3v) is 10.6. The number of rotatable bonds is 12. The number of aromatic nitrogens is 3. The van der Waals surface area contributed by atoms with Crippen molar-refractivity contribution in [2.45, 2.75) is 38.8 Å². The smallest absolute Gasteiger partial charge is 0.306 e. The number of pyridine rings is 1. The van der Waals surface area contributed by atoms with Crippen LogP contribution in [0.5, 0.6) is 11.6 Å². The van der Waals surface area contributed by atoms with Crippen molar-refractivity contribution in [2.75, 3.05) is 57.0 Å². The van der Waals surface area contributed by atoms with E-state index in [0.29, 0.717) is 58.1 Å². The number of hydrogen-bond acceptors (Lipinski definition) is 10. The van der Waals surface area contributed by atoms with Crippen molar-refractivity contribution >= 4 is 45.1 Å². The average molecular weight is 719 g/mol. The molecule has 2 aromatic heterocycles. The topological polar surface area (TPSA) is 141 Å². The van der Waals surface area contributed by atoms with E-state index in [9.17, 15) is 13.2 Å². The first-order valence-corrected chi connectivity index (χ1v) is 18.9. The number of carboxylic acids is 1. The molecule has 4 heterocycles. The normalized spacial score (nSPS) is 22.5. The molecule has 12 nitrogen and oxygen atoms in total. The molecule has 0 bridgehead atoms. The van der Waals surface area contributed by atoms with Gasteiger partial charge in [-0.25, -0.2) is 28.1 Å². The summed E-state index contributed by atoms with van der Waals surface area (Å²) in [6, 6.07) is 9.33. The fraction of sp³-hybridized carbons (Fsp3) is 0.515. The van der Waals surface area contributed by atoms with Gasteiger partial charge in [-0.05, 0) is 80.6 Å². The Hall–Kier alpha value is -3.07. The average Bonchev–Trinajstić information content (AvgIpc) is 3.74. The van der Waals surface area contributed by atoms with Crippen molar-refractivity contribution < 1.29 is 23.1 Å². The lowest BCUT2D eigenvalue weighted by Gasteiger charge is -2.34. The van der Waals surface area contributed by atoms with E-state index in [1.165, 1.54) is 6.26 Å². The summed E-state index contributed by atoms with van der Waals surface area (Å²) in [4.78, 5) is 31.8. The van der Waals surface area contributed by atoms with E-state index in [1.54, 1.807) is 25.4 Å². The van der Waals surface area contributed by atoms with Crippen molar-refractivity contribution in [3.8, 4) is 22.9 Å². The molecule has 3 atom stereocenters. The SMILES string of the molecule is CC(CCN1CCN(c2ncc(Oc3cc(CN4CCC5C(CC4)C5NS(C)(=O)=O)cc(-c4cc(Cl)cc(Cl)c4)n3)cn2)CC1)C(=O)O. The Bertz CT molecular complexity index is 1690. The molecule has 2 N–H and O–H groups in total. The van der Waals surface area contributed by atoms with E-state index >= 15 is 0 Å². The highest BCUT2D eigenvalue weighted by atomic mass is 35.5. The van der Waals surface area contributed by atoms with Gasteiger partial charge in [0, 0.05) is 60.4 Å². The van der Waals surface area contributed by atoms with Gasteiger partial charge in [0.1, 0.15) is 0 Å². The molecule has 1 saturated carbocycles. The molecule has 258 valence electrons. The number of sulfonamides is 1. The van der Waals surface area contributed by atoms with Crippen LogP contribution in [0.15, 0.2) is 42.7 Å². The van der Waals surface area contributed by atoms with Gasteiger partial charge in [0.25, 0.3) is 0 Å². The summed E-state index contributed by atoms with van der Waals surface area (Å²) in [6.45, 7) is 8.05. The number of hydrogen-bond donors (Lipinski definition) is 2. The predicted octanol–water partition coefficient (Wildman–Crippen LogP) is 4.63. The molecule has 15 heteroatoms. The van der Waals surface area contributed by atoms with Crippen LogP contribution in [-0.2, 0) is 21.4 Å². The van der Waals surface area contributed by atoms with Gasteiger partial charge in [0.15, 0.2) is 5.75 Å². The largest absolute Gasteiger partial charge is 0.481 e. The molecule has 3 aromatic rings. The lowest BCUT2D eigenvalue weighted by molar-refractivity contribution is -0.141. The van der Waals surface area contributed by atoms with Gasteiger partial charge < -0.3 is 14.7 Å². The first-order valence-electron chi connectivity index (χ1n) is 16.3. The van der Waals surface area contributed by atoms with Crippen molar-refractivity contribution in [3.05, 3.63) is 58.3 Å². The van der Waals surface area contributed by atoms with Gasteiger partial charge in [0.2, 0.25) is 21.9 Å². The Balaban J connectivity index is 1.12. The standard InChI is InChI=1S/C33H41Cl2N7O5S/c1-21(32(43)44)3-6-40-9-11-42(12-10-40)33-36-18-26(19-37-33)47-30-14-22(13-29(38-30)23-15-24(34)17-25(35)16-23)20-41-7-4-27-28(5-8-41)31(27)39-48(2,45)46/h13-19,21,27-28,31,39H,3-12,20H2,1-2H3,(H,43,44). The van der Waals surface area contributed by atoms with E-state index in [-0.39, 0.29) is 12.0 Å². The van der Waals surface area contributed by atoms with E-state index in [2.05, 4.69) is 29.4 Å². The lowest BCUT2D eigenvalue weighted by Crippen LogP contribution is -2.47. The molecule has 6 rings (SSSR count). The van der Waals surface area contributed by atoms with Crippen LogP contribution in [0.2, 0.25) is 10.0 Å². The predicted molar refractivity (Wildman–Crippen MR) is 185 cm³/mol. The second-order valence-electron chi connectivity index (χ2n) is 13.1. The number of ether oxygens (including phenoxy) is 1. The van der Waals surface area contributed by atoms with Gasteiger partial charge in [-0.3, -0.25) is 14.6 Å². The van der Waals surface area contributed by atoms with Crippen LogP contribution in [-0.4, -0.2) is 102 Å². The highest BCUT2D eigenvalue weighted by Gasteiger charge is 2.51. The molecule has 2 saturated heterocycles. The Labute approximate surface area is 291 Å². The lowest BCUT2D eigenvalue weighted by atomic mass is 10.1. The minimum atomic E-state index is -3.21. The summed E-state index contributed by atoms with van der Waals surface area (Å²) in [7, 11) is -3.21. The maximum Gasteiger partial charge on any atom is 0.306 e. The van der Waals surface area contributed by atoms with Crippen molar-refractivity contribution in [1.29, 1.82) is 0 Å². The Morgan fingerprint density at radius 1 is 0.979 bits per heavy atom. The van der Waals surface area contributed by atoms with E-state index in [1.807, 2.05) is 24.3 Å². The molecule has 1 aromatic carbocycles. The fourth-order valence-electron chi connectivity index (χ4n) is 6.72. The van der Waals surface area contributed by atoms with Crippen LogP contribution in [0, 0.1) is 17.8 Å². The quantitative estimate of drug-likeness (QED) is 0.271. The summed E-state index contributed by atoms with van der Waals surface area (Å²) < 4.78 is 32.5. The van der Waals surface area contributed by atoms with E-state index in [0.717, 1.165) is 69.8 Å². The zero-order valence-corrected chi connectivity index (χ0v) is 29.4. The number of aliphatic carboxylic acids is 1. The van der Waals surface area contributed by atoms with E-state index < -0.39 is 16.0 Å². The van der Waals surface area contributed by atoms with Crippen LogP contribution in [0.1, 0.15) is 31.7 Å². The Morgan fingerprint density at radius 3 is 2.23 bits per heavy atom. The number of nitrogens with one attached hydrogen (secondary N) is 1. The molecule has 0 spiro atoms. The molecular weight excluding hydrogens is 677 g/mol. The summed E-state index contributed by atoms with van der Waals surface area (Å²) in [5, 5.41) is 10.2. The number of anilines is 1. The van der Waals surface area contributed by atoms with Gasteiger partial charge in [-0.1, -0.05) is 30.1 Å². The van der Waals surface area contributed by atoms with Gasteiger partial charge in [-0.2, -0.15) is 0 Å². The third kappa shape index (κ3) is 9.13. The molecular formula is C33H41Cl2N7O5S. The van der Waals surface area contributed by atoms with E-state index in [4.69, 9.17) is 38.0 Å². The number of carbonyl (C=O) groups is 1. The van der Waals surface area contributed by atoms with Gasteiger partial charge >= 0.3 is 5.97 Å². The minimum Gasteiger partial charge on any atom is -0.481 e. The minimum absolute atomic E-state index is 0.0554. The summed E-state index contributed by atoms with van der Waals surface area (Å²) in [6.07, 6.45) is 7.02. The molecule has 3 aliphatic rings. The van der Waals surface area contributed by atoms with Crippen molar-refractivity contribution in [2.24, 2.45) is 17.8 Å². The number of nitrogens with zero attached hydrogens (tertiary/aromatic N) is 6. The van der Waals surface area contributed by atoms with Crippen LogP contribution >= 0.6 is 23.2 Å². The highest BCUT2D eigenvalue weighted by Crippen LogP contribution is 2.46. The van der Waals surface area contributed by atoms with Crippen LogP contribution in [0.4, 0.5) is 5.95 Å². The number of benzene rings is 1. The molecule has 0 radical (unpaired) electrons. The molecule has 48 heavy (non-hydrogen) atoms. The first-order chi connectivity index (χ1) is 22.9. The van der Waals surface area contributed by atoms with Crippen molar-refractivity contribution in [1.82, 2.24) is 29.5 Å². The molecule has 3 unspecified atom stereocenters. The second kappa shape index (κ2) is 14.8. The molecule has 3 fully saturated rings. The number of likely N-dealkylation sites (tertiary alicyclic amines) is 1. The molecule has 1 aliphatic carbocycles. The number of fused-ring (bicyclic) bond motifs is 1. The number of halogens is 2. The summed E-state index contributed by atoms with van der Waals surface area (Å²) >= 11 is 12.7. The second-order valence-corrected chi connectivity index (χ2v) is 15.8. The molecule has 0 amide bonds. The maximum atomic E-state index is 11.7. The molecule has 2 aliphatic heterocycles. The van der Waals surface area contributed by atoms with Crippen molar-refractivity contribution in [3.63, 3.8) is 0 Å². The van der Waals surface area contributed by atoms with Gasteiger partial charge in [-0.15, -0.1) is 0 Å². The Kier molecular flexibility index (Phi) is 10.7. The highest BCUT2D eigenvalue weighted by molar-refractivity contribution is 7.88. The Morgan fingerprint density at radius 2 is 1.62 bits per heavy atom. The summed E-state index contributed by atoms with van der Waals surface area (Å²) in [5.41, 5.74) is 2.46. The number of piperazine rings is 1. The zero-order chi connectivity index (χ0) is 34.0. The van der Waals surface area contributed by atoms with Gasteiger partial charge in [0.05, 0.1) is 30.3 Å². The van der Waals surface area contributed by atoms with Crippen LogP contribution < -0.4 is 14.4 Å². The summed E-state index contributed by atoms with van der Waals surface area (Å²) in [5.74, 6) is 1.12. The van der Waals surface area contributed by atoms with Crippen LogP contribution in [0.3, 0.4) is 0 Å². The van der Waals surface area contributed by atoms with Crippen LogP contribution in [0.25, 0.3) is 11.3 Å². The monoisotopic (exact) mass is 717 g/mol. The third-order valence-electron chi connectivity index (χ3n) is 9.46. The number of carboxylic acid groups (broad SMARTS) is 1. The first kappa shape index (κ1) is 34.8. The maximum absolute atomic E-state index is 11.7. The zero-order valence-electron chi connectivity index (χ0n) is 27.1. The fourth-order valence-corrected chi connectivity index (χ4v) is 8.09.